The number of pyridine rings is 1. The van der Waals surface area contributed by atoms with Crippen molar-refractivity contribution in [3.05, 3.63) is 63.0 Å². The Bertz CT molecular complexity index is 494. The van der Waals surface area contributed by atoms with Crippen molar-refractivity contribution in [1.29, 1.82) is 0 Å². The first kappa shape index (κ1) is 12.5. The van der Waals surface area contributed by atoms with Gasteiger partial charge in [-0.25, -0.2) is 0 Å². The van der Waals surface area contributed by atoms with Crippen LogP contribution in [0.15, 0.2) is 42.6 Å². The van der Waals surface area contributed by atoms with Gasteiger partial charge in [-0.15, -0.1) is 0 Å². The minimum Gasteiger partial charge on any atom is -0.324 e. The van der Waals surface area contributed by atoms with E-state index in [1.165, 1.54) is 14.7 Å². The van der Waals surface area contributed by atoms with Crippen LogP contribution >= 0.6 is 22.6 Å². The van der Waals surface area contributed by atoms with Gasteiger partial charge >= 0.3 is 0 Å². The van der Waals surface area contributed by atoms with Crippen LogP contribution in [0.1, 0.15) is 22.9 Å². The second-order valence-corrected chi connectivity index (χ2v) is 5.32. The van der Waals surface area contributed by atoms with Crippen LogP contribution in [0.3, 0.4) is 0 Å². The monoisotopic (exact) mass is 338 g/mol. The van der Waals surface area contributed by atoms with E-state index in [2.05, 4.69) is 45.8 Å². The van der Waals surface area contributed by atoms with Crippen molar-refractivity contribution in [1.82, 2.24) is 4.98 Å². The van der Waals surface area contributed by atoms with Crippen molar-refractivity contribution >= 4 is 22.6 Å². The third kappa shape index (κ3) is 3.26. The molecular formula is C14H15IN2. The predicted octanol–water partition coefficient (Wildman–Crippen LogP) is 3.24. The number of nitrogens with zero attached hydrogens (tertiary/aromatic N) is 1. The first-order valence-corrected chi connectivity index (χ1v) is 6.66. The molecule has 0 saturated carbocycles. The Balaban J connectivity index is 2.14. The molecule has 1 aromatic heterocycles. The zero-order valence-electron chi connectivity index (χ0n) is 9.73. The van der Waals surface area contributed by atoms with E-state index in [-0.39, 0.29) is 6.04 Å². The molecule has 2 N–H and O–H groups in total. The molecular weight excluding hydrogens is 323 g/mol. The van der Waals surface area contributed by atoms with Crippen LogP contribution in [0.2, 0.25) is 0 Å². The van der Waals surface area contributed by atoms with Crippen LogP contribution in [0, 0.1) is 10.5 Å². The second-order valence-electron chi connectivity index (χ2n) is 4.16. The summed E-state index contributed by atoms with van der Waals surface area (Å²) in [5.41, 5.74) is 9.63. The highest BCUT2D eigenvalue weighted by Crippen LogP contribution is 2.20. The number of nitrogens with two attached hydrogens (primary N) is 1. The van der Waals surface area contributed by atoms with Gasteiger partial charge in [0.2, 0.25) is 0 Å². The van der Waals surface area contributed by atoms with Crippen molar-refractivity contribution < 1.29 is 0 Å². The van der Waals surface area contributed by atoms with Crippen LogP contribution in [0.25, 0.3) is 0 Å². The Kier molecular flexibility index (Phi) is 4.12. The van der Waals surface area contributed by atoms with Gasteiger partial charge in [0, 0.05) is 27.9 Å². The summed E-state index contributed by atoms with van der Waals surface area (Å²) in [5.74, 6) is 0. The number of halogens is 1. The molecule has 1 unspecified atom stereocenters. The highest BCUT2D eigenvalue weighted by molar-refractivity contribution is 14.1. The Morgan fingerprint density at radius 3 is 2.65 bits per heavy atom. The van der Waals surface area contributed by atoms with Crippen molar-refractivity contribution in [3.8, 4) is 0 Å². The Morgan fingerprint density at radius 1 is 1.24 bits per heavy atom. The smallest absolute Gasteiger partial charge is 0.0422 e. The first-order chi connectivity index (χ1) is 8.16. The zero-order chi connectivity index (χ0) is 12.3. The number of hydrogen-bond acceptors (Lipinski definition) is 2. The minimum absolute atomic E-state index is 0.0123. The maximum atomic E-state index is 6.22. The van der Waals surface area contributed by atoms with Crippen LogP contribution < -0.4 is 5.73 Å². The molecule has 1 heterocycles. The lowest BCUT2D eigenvalue weighted by Gasteiger charge is -2.13. The molecule has 2 aromatic rings. The lowest BCUT2D eigenvalue weighted by atomic mass is 10.0. The highest BCUT2D eigenvalue weighted by Gasteiger charge is 2.10. The van der Waals surface area contributed by atoms with Crippen molar-refractivity contribution in [2.75, 3.05) is 0 Å². The number of aromatic nitrogens is 1. The molecule has 0 aliphatic carbocycles. The summed E-state index contributed by atoms with van der Waals surface area (Å²) in [7, 11) is 0. The summed E-state index contributed by atoms with van der Waals surface area (Å²) in [6.07, 6.45) is 2.66. The van der Waals surface area contributed by atoms with E-state index in [4.69, 9.17) is 5.73 Å². The largest absolute Gasteiger partial charge is 0.324 e. The van der Waals surface area contributed by atoms with Gasteiger partial charge in [0.25, 0.3) is 0 Å². The van der Waals surface area contributed by atoms with Crippen molar-refractivity contribution in [3.63, 3.8) is 0 Å². The molecule has 0 bridgehead atoms. The summed E-state index contributed by atoms with van der Waals surface area (Å²) in [6.45, 7) is 2.04. The predicted molar refractivity (Wildman–Crippen MR) is 78.8 cm³/mol. The maximum Gasteiger partial charge on any atom is 0.0422 e. The van der Waals surface area contributed by atoms with Gasteiger partial charge in [-0.1, -0.05) is 24.3 Å². The molecule has 1 aromatic carbocycles. The summed E-state index contributed by atoms with van der Waals surface area (Å²) in [4.78, 5) is 4.39. The summed E-state index contributed by atoms with van der Waals surface area (Å²) < 4.78 is 1.21. The highest BCUT2D eigenvalue weighted by atomic mass is 127. The normalized spacial score (nSPS) is 12.4. The van der Waals surface area contributed by atoms with Gasteiger partial charge in [0.1, 0.15) is 0 Å². The van der Waals surface area contributed by atoms with Crippen molar-refractivity contribution in [2.24, 2.45) is 5.73 Å². The van der Waals surface area contributed by atoms with E-state index < -0.39 is 0 Å². The van der Waals surface area contributed by atoms with Crippen molar-refractivity contribution in [2.45, 2.75) is 19.4 Å². The van der Waals surface area contributed by atoms with Gasteiger partial charge in [-0.3, -0.25) is 4.98 Å². The molecule has 0 aliphatic rings. The van der Waals surface area contributed by atoms with Gasteiger partial charge < -0.3 is 5.73 Å². The Labute approximate surface area is 115 Å². The fourth-order valence-corrected chi connectivity index (χ4v) is 2.52. The topological polar surface area (TPSA) is 38.9 Å². The molecule has 2 nitrogen and oxygen atoms in total. The molecule has 0 amide bonds. The van der Waals surface area contributed by atoms with Gasteiger partial charge in [0.15, 0.2) is 0 Å². The van der Waals surface area contributed by atoms with Gasteiger partial charge in [-0.05, 0) is 52.8 Å². The molecule has 0 fully saturated rings. The van der Waals surface area contributed by atoms with Crippen LogP contribution in [0.4, 0.5) is 0 Å². The first-order valence-electron chi connectivity index (χ1n) is 5.58. The molecule has 0 aliphatic heterocycles. The molecule has 3 heteroatoms. The van der Waals surface area contributed by atoms with Crippen LogP contribution in [-0.4, -0.2) is 4.98 Å². The molecule has 0 spiro atoms. The average Bonchev–Trinajstić information content (AvgIpc) is 2.32. The van der Waals surface area contributed by atoms with E-state index in [1.54, 1.807) is 0 Å². The number of aryl methyl sites for hydroxylation is 1. The average molecular weight is 338 g/mol. The molecule has 17 heavy (non-hydrogen) atoms. The van der Waals surface area contributed by atoms with Gasteiger partial charge in [-0.2, -0.15) is 0 Å². The SMILES string of the molecule is Cc1ccc(CC(N)c2ccccc2I)nc1. The second kappa shape index (κ2) is 5.60. The van der Waals surface area contributed by atoms with E-state index in [1.807, 2.05) is 31.3 Å². The lowest BCUT2D eigenvalue weighted by Crippen LogP contribution is -2.15. The molecule has 0 radical (unpaired) electrons. The van der Waals surface area contributed by atoms with E-state index in [0.29, 0.717) is 0 Å². The summed E-state index contributed by atoms with van der Waals surface area (Å²) in [6, 6.07) is 12.4. The fourth-order valence-electron chi connectivity index (χ4n) is 1.73. The summed E-state index contributed by atoms with van der Waals surface area (Å²) >= 11 is 2.32. The minimum atomic E-state index is 0.0123. The maximum absolute atomic E-state index is 6.22. The van der Waals surface area contributed by atoms with E-state index in [0.717, 1.165) is 12.1 Å². The third-order valence-corrected chi connectivity index (χ3v) is 3.69. The quantitative estimate of drug-likeness (QED) is 0.873. The Morgan fingerprint density at radius 2 is 2.00 bits per heavy atom. The zero-order valence-corrected chi connectivity index (χ0v) is 11.9. The van der Waals surface area contributed by atoms with E-state index >= 15 is 0 Å². The fraction of sp³-hybridized carbons (Fsp3) is 0.214. The lowest BCUT2D eigenvalue weighted by molar-refractivity contribution is 0.702. The standard InChI is InChI=1S/C14H15IN2/c1-10-6-7-11(17-9-10)8-14(16)12-4-2-3-5-13(12)15/h2-7,9,14H,8,16H2,1H3. The number of rotatable bonds is 3. The number of hydrogen-bond donors (Lipinski definition) is 1. The number of benzene rings is 1. The van der Waals surface area contributed by atoms with E-state index in [9.17, 15) is 0 Å². The molecule has 88 valence electrons. The van der Waals surface area contributed by atoms with Crippen LogP contribution in [-0.2, 0) is 6.42 Å². The van der Waals surface area contributed by atoms with Crippen LogP contribution in [0.5, 0.6) is 0 Å². The molecule has 2 rings (SSSR count). The third-order valence-electron chi connectivity index (χ3n) is 2.71. The molecule has 0 saturated heterocycles. The van der Waals surface area contributed by atoms with Gasteiger partial charge in [0.05, 0.1) is 0 Å². The Hall–Kier alpha value is -0.940. The summed E-state index contributed by atoms with van der Waals surface area (Å²) in [5, 5.41) is 0. The molecule has 1 atom stereocenters.